The maximum atomic E-state index is 13.5. The molecule has 1 aromatic carbocycles. The Hall–Kier alpha value is -2.90. The fourth-order valence-electron chi connectivity index (χ4n) is 6.44. The van der Waals surface area contributed by atoms with Crippen LogP contribution in [0.3, 0.4) is 0 Å². The van der Waals surface area contributed by atoms with Crippen molar-refractivity contribution < 1.29 is 4.79 Å². The van der Waals surface area contributed by atoms with E-state index >= 15 is 0 Å². The number of carbonyl (C=O) groups excluding carboxylic acids is 1. The number of amides is 1. The van der Waals surface area contributed by atoms with Gasteiger partial charge in [0.1, 0.15) is 0 Å². The molecule has 7 heteroatoms. The zero-order valence-corrected chi connectivity index (χ0v) is 22.2. The van der Waals surface area contributed by atoms with E-state index in [0.29, 0.717) is 23.1 Å². The third kappa shape index (κ3) is 4.50. The van der Waals surface area contributed by atoms with Crippen LogP contribution in [0, 0.1) is 26.7 Å². The summed E-state index contributed by atoms with van der Waals surface area (Å²) in [5.74, 6) is 0.455. The maximum absolute atomic E-state index is 13.5. The van der Waals surface area contributed by atoms with Gasteiger partial charge in [0, 0.05) is 59.6 Å². The van der Waals surface area contributed by atoms with Crippen LogP contribution in [-0.4, -0.2) is 64.5 Å². The number of benzene rings is 1. The number of likely N-dealkylation sites (N-methyl/N-ethyl adjacent to an activating group) is 1. The maximum Gasteiger partial charge on any atom is 0.254 e. The van der Waals surface area contributed by atoms with Crippen molar-refractivity contribution in [2.24, 2.45) is 5.92 Å². The Morgan fingerprint density at radius 3 is 2.50 bits per heavy atom. The normalized spacial score (nSPS) is 18.9. The molecule has 7 nitrogen and oxygen atoms in total. The first-order chi connectivity index (χ1) is 17.2. The second-order valence-corrected chi connectivity index (χ2v) is 11.0. The molecule has 1 amide bonds. The van der Waals surface area contributed by atoms with Gasteiger partial charge in [0.05, 0.1) is 5.56 Å². The minimum Gasteiger partial charge on any atom is -0.348 e. The summed E-state index contributed by atoms with van der Waals surface area (Å²) in [6.07, 6.45) is 2.37. The number of hydrogen-bond donors (Lipinski definition) is 2. The lowest BCUT2D eigenvalue weighted by atomic mass is 9.88. The number of fused-ring (bicyclic) bond motifs is 1. The molecule has 192 valence electrons. The highest BCUT2D eigenvalue weighted by molar-refractivity contribution is 6.08. The van der Waals surface area contributed by atoms with Crippen LogP contribution in [0.1, 0.15) is 58.7 Å². The number of aryl methyl sites for hydroxylation is 2. The molecular weight excluding hydrogens is 450 g/mol. The first-order valence-electron chi connectivity index (χ1n) is 13.2. The van der Waals surface area contributed by atoms with Gasteiger partial charge in [0.2, 0.25) is 0 Å². The van der Waals surface area contributed by atoms with Gasteiger partial charge >= 0.3 is 0 Å². The van der Waals surface area contributed by atoms with Gasteiger partial charge in [0.25, 0.3) is 11.5 Å². The molecule has 1 unspecified atom stereocenters. The molecule has 0 radical (unpaired) electrons. The molecule has 2 N–H and O–H groups in total. The highest BCUT2D eigenvalue weighted by Crippen LogP contribution is 2.36. The summed E-state index contributed by atoms with van der Waals surface area (Å²) in [4.78, 5) is 33.8. The summed E-state index contributed by atoms with van der Waals surface area (Å²) in [6.45, 7) is 13.1. The highest BCUT2D eigenvalue weighted by atomic mass is 16.2. The van der Waals surface area contributed by atoms with E-state index < -0.39 is 0 Å². The minimum atomic E-state index is -0.138. The molecule has 2 aliphatic rings. The van der Waals surface area contributed by atoms with Crippen molar-refractivity contribution in [2.45, 2.75) is 59.2 Å². The predicted molar refractivity (Wildman–Crippen MR) is 145 cm³/mol. The average Bonchev–Trinajstić information content (AvgIpc) is 3.12. The zero-order chi connectivity index (χ0) is 25.6. The summed E-state index contributed by atoms with van der Waals surface area (Å²) in [6, 6.07) is 11.2. The zero-order valence-electron chi connectivity index (χ0n) is 22.2. The largest absolute Gasteiger partial charge is 0.348 e. The van der Waals surface area contributed by atoms with Crippen molar-refractivity contribution >= 4 is 16.8 Å². The first-order valence-corrected chi connectivity index (χ1v) is 13.2. The third-order valence-electron chi connectivity index (χ3n) is 8.53. The number of piperidine rings is 1. The van der Waals surface area contributed by atoms with E-state index in [2.05, 4.69) is 57.7 Å². The summed E-state index contributed by atoms with van der Waals surface area (Å²) in [5.41, 5.74) is 5.01. The van der Waals surface area contributed by atoms with E-state index in [1.807, 2.05) is 32.0 Å². The van der Waals surface area contributed by atoms with Crippen molar-refractivity contribution in [1.29, 1.82) is 0 Å². The van der Waals surface area contributed by atoms with Crippen molar-refractivity contribution in [2.75, 3.05) is 33.2 Å². The number of pyridine rings is 1. The Morgan fingerprint density at radius 1 is 1.14 bits per heavy atom. The average molecular weight is 490 g/mol. The molecule has 2 saturated heterocycles. The monoisotopic (exact) mass is 489 g/mol. The first kappa shape index (κ1) is 24.8. The van der Waals surface area contributed by atoms with Gasteiger partial charge in [-0.25, -0.2) is 0 Å². The molecule has 5 rings (SSSR count). The van der Waals surface area contributed by atoms with Crippen LogP contribution < -0.4 is 10.9 Å². The van der Waals surface area contributed by atoms with Crippen molar-refractivity contribution in [3.8, 4) is 0 Å². The number of rotatable bonds is 6. The van der Waals surface area contributed by atoms with E-state index in [1.54, 1.807) is 0 Å². The van der Waals surface area contributed by atoms with Crippen LogP contribution in [0.5, 0.6) is 0 Å². The predicted octanol–water partition coefficient (Wildman–Crippen LogP) is 3.77. The Kier molecular flexibility index (Phi) is 6.79. The van der Waals surface area contributed by atoms with Crippen molar-refractivity contribution in [3.05, 3.63) is 68.8 Å². The lowest BCUT2D eigenvalue weighted by molar-refractivity contribution is 0.0238. The number of aromatic nitrogens is 2. The van der Waals surface area contributed by atoms with Gasteiger partial charge in [-0.2, -0.15) is 0 Å². The minimum absolute atomic E-state index is 0.127. The van der Waals surface area contributed by atoms with Crippen LogP contribution >= 0.6 is 0 Å². The summed E-state index contributed by atoms with van der Waals surface area (Å²) >= 11 is 0. The number of H-pyrrole nitrogens is 1. The Bertz CT molecular complexity index is 1330. The molecule has 3 aromatic rings. The van der Waals surface area contributed by atoms with Crippen LogP contribution in [0.15, 0.2) is 35.1 Å². The number of para-hydroxylation sites is 1. The molecular formula is C29H39N5O2. The van der Waals surface area contributed by atoms with E-state index in [9.17, 15) is 9.59 Å². The van der Waals surface area contributed by atoms with E-state index in [-0.39, 0.29) is 18.0 Å². The second kappa shape index (κ2) is 9.87. The summed E-state index contributed by atoms with van der Waals surface area (Å²) < 4.78 is 2.38. The number of carbonyl (C=O) groups is 1. The Balaban J connectivity index is 1.36. The molecule has 4 heterocycles. The molecule has 36 heavy (non-hydrogen) atoms. The van der Waals surface area contributed by atoms with Crippen LogP contribution in [0.4, 0.5) is 0 Å². The molecule has 2 aliphatic heterocycles. The number of hydrogen-bond acceptors (Lipinski definition) is 4. The fourth-order valence-corrected chi connectivity index (χ4v) is 6.44. The van der Waals surface area contributed by atoms with Gasteiger partial charge in [-0.3, -0.25) is 14.5 Å². The molecule has 1 atom stereocenters. The number of nitrogens with zero attached hydrogens (tertiary/aromatic N) is 3. The van der Waals surface area contributed by atoms with Gasteiger partial charge in [-0.05, 0) is 84.3 Å². The summed E-state index contributed by atoms with van der Waals surface area (Å²) in [7, 11) is 2.19. The van der Waals surface area contributed by atoms with Crippen LogP contribution in [-0.2, 0) is 6.54 Å². The fraction of sp³-hybridized carbons (Fsp3) is 0.517. The van der Waals surface area contributed by atoms with Crippen LogP contribution in [0.2, 0.25) is 0 Å². The third-order valence-corrected chi connectivity index (χ3v) is 8.53. The van der Waals surface area contributed by atoms with Crippen molar-refractivity contribution in [1.82, 2.24) is 24.7 Å². The standard InChI is InChI=1S/C29H39N5O2/c1-18-14-19(2)31-28(35)25(18)15-30-29(36)27-21(4)34(26-9-7-6-8-24(26)27)20(3)22-10-12-33(13-11-22)23-16-32(5)17-23/h6-9,14,20,22-23H,10-13,15-17H2,1-5H3,(H,30,36)(H,31,35). The lowest BCUT2D eigenvalue weighted by Crippen LogP contribution is -2.59. The molecule has 2 fully saturated rings. The highest BCUT2D eigenvalue weighted by Gasteiger charge is 2.34. The van der Waals surface area contributed by atoms with Crippen LogP contribution in [0.25, 0.3) is 10.9 Å². The smallest absolute Gasteiger partial charge is 0.254 e. The van der Waals surface area contributed by atoms with Gasteiger partial charge in [0.15, 0.2) is 0 Å². The Morgan fingerprint density at radius 2 is 1.83 bits per heavy atom. The topological polar surface area (TPSA) is 73.4 Å². The van der Waals surface area contributed by atoms with Gasteiger partial charge in [-0.15, -0.1) is 0 Å². The quantitative estimate of drug-likeness (QED) is 0.553. The molecule has 0 bridgehead atoms. The molecule has 0 spiro atoms. The van der Waals surface area contributed by atoms with Gasteiger partial charge in [-0.1, -0.05) is 18.2 Å². The molecule has 0 saturated carbocycles. The van der Waals surface area contributed by atoms with E-state index in [1.165, 1.54) is 25.9 Å². The van der Waals surface area contributed by atoms with E-state index in [4.69, 9.17) is 0 Å². The number of nitrogens with one attached hydrogen (secondary N) is 2. The second-order valence-electron chi connectivity index (χ2n) is 11.0. The SMILES string of the molecule is Cc1cc(C)c(CNC(=O)c2c(C)n(C(C)C3CCN(C4CN(C)C4)CC3)c3ccccc23)c(=O)[nH]1. The number of aromatic amines is 1. The van der Waals surface area contributed by atoms with E-state index in [0.717, 1.165) is 47.0 Å². The Labute approximate surface area is 213 Å². The number of likely N-dealkylation sites (tertiary alicyclic amines) is 2. The summed E-state index contributed by atoms with van der Waals surface area (Å²) in [5, 5.41) is 4.01. The lowest BCUT2D eigenvalue weighted by Gasteiger charge is -2.47. The van der Waals surface area contributed by atoms with Crippen molar-refractivity contribution in [3.63, 3.8) is 0 Å². The molecule has 2 aromatic heterocycles. The van der Waals surface area contributed by atoms with Gasteiger partial charge < -0.3 is 19.8 Å². The molecule has 0 aliphatic carbocycles.